The summed E-state index contributed by atoms with van der Waals surface area (Å²) in [5.74, 6) is 0. The first-order valence-corrected chi connectivity index (χ1v) is 8.55. The zero-order valence-electron chi connectivity index (χ0n) is 13.7. The molecule has 0 aromatic rings. The fourth-order valence-corrected chi connectivity index (χ4v) is 2.52. The highest BCUT2D eigenvalue weighted by atomic mass is 16.5. The van der Waals surface area contributed by atoms with E-state index in [0.717, 1.165) is 12.8 Å². The summed E-state index contributed by atoms with van der Waals surface area (Å²) in [4.78, 5) is 0. The van der Waals surface area contributed by atoms with Gasteiger partial charge in [-0.2, -0.15) is 0 Å². The summed E-state index contributed by atoms with van der Waals surface area (Å²) in [6.07, 6.45) is 9.10. The van der Waals surface area contributed by atoms with Gasteiger partial charge in [-0.15, -0.1) is 0 Å². The van der Waals surface area contributed by atoms with Gasteiger partial charge in [-0.1, -0.05) is 44.8 Å². The molecule has 0 bridgehead atoms. The monoisotopic (exact) mass is 316 g/mol. The summed E-state index contributed by atoms with van der Waals surface area (Å²) in [6.45, 7) is 2.93. The van der Waals surface area contributed by atoms with Gasteiger partial charge in [0.25, 0.3) is 0 Å². The van der Waals surface area contributed by atoms with Crippen molar-refractivity contribution in [3.63, 3.8) is 0 Å². The van der Waals surface area contributed by atoms with Crippen LogP contribution >= 0.6 is 0 Å². The summed E-state index contributed by atoms with van der Waals surface area (Å²) in [5, 5.41) is 28.8. The van der Waals surface area contributed by atoms with Crippen LogP contribution in [0.25, 0.3) is 0 Å². The third-order valence-electron chi connectivity index (χ3n) is 3.93. The molecule has 130 valence electrons. The second-order valence-electron chi connectivity index (χ2n) is 5.96. The van der Waals surface area contributed by atoms with E-state index in [1.807, 2.05) is 0 Å². The Balaban J connectivity index is 1.94. The van der Waals surface area contributed by atoms with Gasteiger partial charge in [0.05, 0.1) is 19.8 Å². The number of ether oxygens (including phenoxy) is 2. The lowest BCUT2D eigenvalue weighted by Gasteiger charge is -2.20. The molecule has 0 aliphatic carbocycles. The Hall–Kier alpha value is -0.460. The van der Waals surface area contributed by atoms with E-state index in [1.54, 1.807) is 0 Å². The van der Waals surface area contributed by atoms with Gasteiger partial charge in [0.2, 0.25) is 0 Å². The van der Waals surface area contributed by atoms with Crippen LogP contribution in [0.15, 0.2) is 12.2 Å². The third-order valence-corrected chi connectivity index (χ3v) is 3.93. The molecular formula is C17H32O5. The predicted octanol–water partition coefficient (Wildman–Crippen LogP) is 1.79. The SMILES string of the molecule is CCCCCCC/C=C/CCOC[C@@H](O)[C@@H]1OC[C@H](O)[C@@H]1O. The first-order chi connectivity index (χ1) is 10.7. The normalized spacial score (nSPS) is 26.8. The molecule has 0 saturated carbocycles. The van der Waals surface area contributed by atoms with Gasteiger partial charge in [-0.05, 0) is 19.3 Å². The smallest absolute Gasteiger partial charge is 0.114 e. The molecule has 0 aromatic carbocycles. The molecule has 0 spiro atoms. The second-order valence-corrected chi connectivity index (χ2v) is 5.96. The Morgan fingerprint density at radius 2 is 1.86 bits per heavy atom. The lowest BCUT2D eigenvalue weighted by Crippen LogP contribution is -2.40. The minimum atomic E-state index is -1.04. The van der Waals surface area contributed by atoms with Crippen LogP contribution < -0.4 is 0 Å². The number of hydrogen-bond donors (Lipinski definition) is 3. The van der Waals surface area contributed by atoms with Crippen molar-refractivity contribution in [1.29, 1.82) is 0 Å². The quantitative estimate of drug-likeness (QED) is 0.378. The Morgan fingerprint density at radius 1 is 1.14 bits per heavy atom. The third kappa shape index (κ3) is 7.70. The van der Waals surface area contributed by atoms with Crippen LogP contribution in [-0.4, -0.2) is 59.6 Å². The van der Waals surface area contributed by atoms with Gasteiger partial charge >= 0.3 is 0 Å². The molecule has 1 heterocycles. The summed E-state index contributed by atoms with van der Waals surface area (Å²) < 4.78 is 10.5. The fourth-order valence-electron chi connectivity index (χ4n) is 2.52. The van der Waals surface area contributed by atoms with Crippen molar-refractivity contribution in [2.45, 2.75) is 76.3 Å². The molecule has 4 atom stereocenters. The van der Waals surface area contributed by atoms with Gasteiger partial charge in [-0.3, -0.25) is 0 Å². The Morgan fingerprint density at radius 3 is 2.55 bits per heavy atom. The van der Waals surface area contributed by atoms with Crippen LogP contribution in [0.5, 0.6) is 0 Å². The van der Waals surface area contributed by atoms with Crippen molar-refractivity contribution < 1.29 is 24.8 Å². The molecule has 1 aliphatic heterocycles. The Labute approximate surface area is 133 Å². The minimum Gasteiger partial charge on any atom is -0.388 e. The lowest BCUT2D eigenvalue weighted by atomic mass is 10.1. The lowest BCUT2D eigenvalue weighted by molar-refractivity contribution is -0.0806. The second kappa shape index (κ2) is 12.0. The van der Waals surface area contributed by atoms with Crippen LogP contribution in [0.3, 0.4) is 0 Å². The number of aliphatic hydroxyl groups excluding tert-OH is 3. The van der Waals surface area contributed by atoms with E-state index < -0.39 is 24.4 Å². The first kappa shape index (κ1) is 19.6. The van der Waals surface area contributed by atoms with Gasteiger partial charge in [-0.25, -0.2) is 0 Å². The van der Waals surface area contributed by atoms with E-state index in [9.17, 15) is 15.3 Å². The summed E-state index contributed by atoms with van der Waals surface area (Å²) >= 11 is 0. The highest BCUT2D eigenvalue weighted by molar-refractivity contribution is 4.88. The average Bonchev–Trinajstić information content (AvgIpc) is 2.84. The molecule has 0 amide bonds. The fraction of sp³-hybridized carbons (Fsp3) is 0.882. The van der Waals surface area contributed by atoms with Gasteiger partial charge in [0.1, 0.15) is 24.4 Å². The molecule has 1 fully saturated rings. The van der Waals surface area contributed by atoms with Crippen LogP contribution in [0.2, 0.25) is 0 Å². The van der Waals surface area contributed by atoms with Crippen molar-refractivity contribution in [2.24, 2.45) is 0 Å². The molecular weight excluding hydrogens is 284 g/mol. The molecule has 0 radical (unpaired) electrons. The van der Waals surface area contributed by atoms with Crippen molar-refractivity contribution in [3.05, 3.63) is 12.2 Å². The summed E-state index contributed by atoms with van der Waals surface area (Å²) in [6, 6.07) is 0. The van der Waals surface area contributed by atoms with E-state index in [4.69, 9.17) is 9.47 Å². The molecule has 1 rings (SSSR count). The molecule has 1 saturated heterocycles. The van der Waals surface area contributed by atoms with Gasteiger partial charge < -0.3 is 24.8 Å². The maximum atomic E-state index is 9.84. The van der Waals surface area contributed by atoms with Crippen LogP contribution in [-0.2, 0) is 9.47 Å². The minimum absolute atomic E-state index is 0.0594. The zero-order chi connectivity index (χ0) is 16.2. The van der Waals surface area contributed by atoms with Crippen molar-refractivity contribution in [3.8, 4) is 0 Å². The van der Waals surface area contributed by atoms with Crippen molar-refractivity contribution in [2.75, 3.05) is 19.8 Å². The number of aliphatic hydroxyl groups is 3. The Bertz CT molecular complexity index is 295. The highest BCUT2D eigenvalue weighted by Crippen LogP contribution is 2.17. The molecule has 5 nitrogen and oxygen atoms in total. The summed E-state index contributed by atoms with van der Waals surface area (Å²) in [5.41, 5.74) is 0. The maximum absolute atomic E-state index is 9.84. The first-order valence-electron chi connectivity index (χ1n) is 8.55. The van der Waals surface area contributed by atoms with Gasteiger partial charge in [0.15, 0.2) is 0 Å². The van der Waals surface area contributed by atoms with E-state index in [-0.39, 0.29) is 13.2 Å². The van der Waals surface area contributed by atoms with Crippen LogP contribution in [0, 0.1) is 0 Å². The van der Waals surface area contributed by atoms with E-state index in [0.29, 0.717) is 6.61 Å². The number of allylic oxidation sites excluding steroid dienone is 1. The van der Waals surface area contributed by atoms with Crippen molar-refractivity contribution in [1.82, 2.24) is 0 Å². The number of hydrogen-bond acceptors (Lipinski definition) is 5. The highest BCUT2D eigenvalue weighted by Gasteiger charge is 2.39. The molecule has 22 heavy (non-hydrogen) atoms. The number of unbranched alkanes of at least 4 members (excludes halogenated alkanes) is 5. The topological polar surface area (TPSA) is 79.2 Å². The van der Waals surface area contributed by atoms with Crippen molar-refractivity contribution >= 4 is 0 Å². The molecule has 5 heteroatoms. The maximum Gasteiger partial charge on any atom is 0.114 e. The zero-order valence-corrected chi connectivity index (χ0v) is 13.7. The standard InChI is InChI=1S/C17H32O5/c1-2-3-4-5-6-7-8-9-10-11-21-12-15(19)17-16(20)14(18)13-22-17/h8-9,14-20H,2-7,10-13H2,1H3/b9-8+/t14-,15+,16-,17-/m0/s1. The molecule has 0 aromatic heterocycles. The average molecular weight is 316 g/mol. The molecule has 1 aliphatic rings. The summed E-state index contributed by atoms with van der Waals surface area (Å²) in [7, 11) is 0. The predicted molar refractivity (Wildman–Crippen MR) is 85.7 cm³/mol. The van der Waals surface area contributed by atoms with E-state index in [1.165, 1.54) is 32.1 Å². The molecule has 3 N–H and O–H groups in total. The van der Waals surface area contributed by atoms with E-state index in [2.05, 4.69) is 19.1 Å². The Kier molecular flexibility index (Phi) is 10.7. The largest absolute Gasteiger partial charge is 0.388 e. The van der Waals surface area contributed by atoms with E-state index >= 15 is 0 Å². The van der Waals surface area contributed by atoms with Crippen LogP contribution in [0.4, 0.5) is 0 Å². The van der Waals surface area contributed by atoms with Crippen LogP contribution in [0.1, 0.15) is 51.9 Å². The van der Waals surface area contributed by atoms with Gasteiger partial charge in [0, 0.05) is 0 Å². The number of rotatable bonds is 12. The molecule has 0 unspecified atom stereocenters.